The Bertz CT molecular complexity index is 822. The number of anilines is 1. The third-order valence-electron chi connectivity index (χ3n) is 3.90. The second kappa shape index (κ2) is 4.20. The molecule has 1 aliphatic rings. The van der Waals surface area contributed by atoms with Gasteiger partial charge in [-0.2, -0.15) is 0 Å². The Morgan fingerprint density at radius 3 is 2.45 bits per heavy atom. The van der Waals surface area contributed by atoms with Crippen LogP contribution in [0.3, 0.4) is 0 Å². The van der Waals surface area contributed by atoms with Gasteiger partial charge in [0.25, 0.3) is 0 Å². The minimum Gasteiger partial charge on any atom is -0.325 e. The summed E-state index contributed by atoms with van der Waals surface area (Å²) in [4.78, 5) is 12.3. The van der Waals surface area contributed by atoms with E-state index in [1.54, 1.807) is 0 Å². The van der Waals surface area contributed by atoms with E-state index in [-0.39, 0.29) is 11.8 Å². The number of para-hydroxylation sites is 1. The molecule has 96 valence electrons. The van der Waals surface area contributed by atoms with Crippen LogP contribution in [0, 0.1) is 0 Å². The number of rotatable bonds is 1. The SMILES string of the molecule is O=C1Nc2ccccc2C1c1ccc2ccccc2c1. The van der Waals surface area contributed by atoms with Gasteiger partial charge >= 0.3 is 0 Å². The number of carbonyl (C=O) groups excluding carboxylic acids is 1. The molecule has 1 aliphatic heterocycles. The van der Waals surface area contributed by atoms with E-state index in [9.17, 15) is 4.79 Å². The summed E-state index contributed by atoms with van der Waals surface area (Å²) in [6.07, 6.45) is 0. The smallest absolute Gasteiger partial charge is 0.236 e. The standard InChI is InChI=1S/C18H13NO/c20-18-17(15-7-3-4-8-16(15)19-18)14-10-9-12-5-1-2-6-13(12)11-14/h1-11,17H,(H,19,20). The van der Waals surface area contributed by atoms with E-state index in [0.717, 1.165) is 16.8 Å². The number of hydrogen-bond donors (Lipinski definition) is 1. The van der Waals surface area contributed by atoms with Crippen LogP contribution in [-0.2, 0) is 4.79 Å². The molecular weight excluding hydrogens is 246 g/mol. The lowest BCUT2D eigenvalue weighted by Crippen LogP contribution is -2.13. The normalized spacial score (nSPS) is 17.0. The van der Waals surface area contributed by atoms with Crippen molar-refractivity contribution in [2.24, 2.45) is 0 Å². The lowest BCUT2D eigenvalue weighted by molar-refractivity contribution is -0.116. The highest BCUT2D eigenvalue weighted by atomic mass is 16.2. The Balaban J connectivity index is 1.89. The molecule has 0 saturated heterocycles. The highest BCUT2D eigenvalue weighted by molar-refractivity contribution is 6.05. The molecule has 1 heterocycles. The van der Waals surface area contributed by atoms with Crippen LogP contribution < -0.4 is 5.32 Å². The Labute approximate surface area is 117 Å². The molecule has 0 fully saturated rings. The van der Waals surface area contributed by atoms with Crippen LogP contribution in [0.4, 0.5) is 5.69 Å². The van der Waals surface area contributed by atoms with E-state index >= 15 is 0 Å². The van der Waals surface area contributed by atoms with Gasteiger partial charge in [-0.15, -0.1) is 0 Å². The predicted molar refractivity (Wildman–Crippen MR) is 80.9 cm³/mol. The van der Waals surface area contributed by atoms with Crippen molar-refractivity contribution in [3.8, 4) is 0 Å². The second-order valence-electron chi connectivity index (χ2n) is 5.12. The minimum atomic E-state index is -0.198. The maximum atomic E-state index is 12.3. The molecule has 0 saturated carbocycles. The summed E-state index contributed by atoms with van der Waals surface area (Å²) in [5.41, 5.74) is 3.04. The second-order valence-corrected chi connectivity index (χ2v) is 5.12. The largest absolute Gasteiger partial charge is 0.325 e. The van der Waals surface area contributed by atoms with Crippen molar-refractivity contribution in [2.45, 2.75) is 5.92 Å². The summed E-state index contributed by atoms with van der Waals surface area (Å²) in [6.45, 7) is 0. The molecule has 1 N–H and O–H groups in total. The molecule has 1 amide bonds. The number of benzene rings is 3. The zero-order chi connectivity index (χ0) is 13.5. The summed E-state index contributed by atoms with van der Waals surface area (Å²) in [5, 5.41) is 5.32. The number of nitrogens with one attached hydrogen (secondary N) is 1. The molecule has 3 aromatic rings. The van der Waals surface area contributed by atoms with Crippen LogP contribution in [0.2, 0.25) is 0 Å². The van der Waals surface area contributed by atoms with Crippen LogP contribution in [0.15, 0.2) is 66.7 Å². The fraction of sp³-hybridized carbons (Fsp3) is 0.0556. The Morgan fingerprint density at radius 1 is 0.800 bits per heavy atom. The van der Waals surface area contributed by atoms with E-state index < -0.39 is 0 Å². The van der Waals surface area contributed by atoms with Gasteiger partial charge in [0, 0.05) is 5.69 Å². The first-order chi connectivity index (χ1) is 9.83. The molecule has 2 nitrogen and oxygen atoms in total. The fourth-order valence-corrected chi connectivity index (χ4v) is 2.93. The van der Waals surface area contributed by atoms with Crippen LogP contribution in [0.1, 0.15) is 17.0 Å². The lowest BCUT2D eigenvalue weighted by atomic mass is 9.91. The van der Waals surface area contributed by atoms with Crippen molar-refractivity contribution in [1.82, 2.24) is 0 Å². The van der Waals surface area contributed by atoms with Crippen molar-refractivity contribution in [3.05, 3.63) is 77.9 Å². The first kappa shape index (κ1) is 11.2. The van der Waals surface area contributed by atoms with E-state index in [1.165, 1.54) is 10.8 Å². The molecule has 0 aromatic heterocycles. The Kier molecular flexibility index (Phi) is 2.36. The molecule has 20 heavy (non-hydrogen) atoms. The molecule has 0 radical (unpaired) electrons. The number of fused-ring (bicyclic) bond motifs is 2. The average molecular weight is 259 g/mol. The van der Waals surface area contributed by atoms with Gasteiger partial charge in [-0.3, -0.25) is 4.79 Å². The molecule has 1 atom stereocenters. The summed E-state index contributed by atoms with van der Waals surface area (Å²) < 4.78 is 0. The van der Waals surface area contributed by atoms with Crippen LogP contribution >= 0.6 is 0 Å². The van der Waals surface area contributed by atoms with Gasteiger partial charge < -0.3 is 5.32 Å². The maximum absolute atomic E-state index is 12.3. The quantitative estimate of drug-likeness (QED) is 0.705. The van der Waals surface area contributed by atoms with Gasteiger partial charge in [-0.05, 0) is 28.0 Å². The molecule has 0 aliphatic carbocycles. The first-order valence-electron chi connectivity index (χ1n) is 6.71. The van der Waals surface area contributed by atoms with Crippen LogP contribution in [-0.4, -0.2) is 5.91 Å². The maximum Gasteiger partial charge on any atom is 0.236 e. The van der Waals surface area contributed by atoms with Crippen molar-refractivity contribution < 1.29 is 4.79 Å². The average Bonchev–Trinajstić information content (AvgIpc) is 2.82. The van der Waals surface area contributed by atoms with Crippen molar-refractivity contribution >= 4 is 22.4 Å². The molecular formula is C18H13NO. The number of carbonyl (C=O) groups is 1. The first-order valence-corrected chi connectivity index (χ1v) is 6.71. The predicted octanol–water partition coefficient (Wildman–Crippen LogP) is 3.92. The zero-order valence-electron chi connectivity index (χ0n) is 10.8. The fourth-order valence-electron chi connectivity index (χ4n) is 2.93. The van der Waals surface area contributed by atoms with Gasteiger partial charge in [0.15, 0.2) is 0 Å². The monoisotopic (exact) mass is 259 g/mol. The van der Waals surface area contributed by atoms with Gasteiger partial charge in [-0.25, -0.2) is 0 Å². The van der Waals surface area contributed by atoms with E-state index in [4.69, 9.17) is 0 Å². The van der Waals surface area contributed by atoms with Gasteiger partial charge in [0.1, 0.15) is 0 Å². The van der Waals surface area contributed by atoms with Crippen molar-refractivity contribution in [1.29, 1.82) is 0 Å². The summed E-state index contributed by atoms with van der Waals surface area (Å²) in [5.74, 6) is -0.141. The summed E-state index contributed by atoms with van der Waals surface area (Å²) in [7, 11) is 0. The highest BCUT2D eigenvalue weighted by Gasteiger charge is 2.31. The molecule has 2 heteroatoms. The topological polar surface area (TPSA) is 29.1 Å². The summed E-state index contributed by atoms with van der Waals surface area (Å²) in [6, 6.07) is 22.4. The Hall–Kier alpha value is -2.61. The van der Waals surface area contributed by atoms with Gasteiger partial charge in [-0.1, -0.05) is 60.7 Å². The molecule has 0 bridgehead atoms. The molecule has 4 rings (SSSR count). The third-order valence-corrected chi connectivity index (χ3v) is 3.90. The Morgan fingerprint density at radius 2 is 1.55 bits per heavy atom. The third kappa shape index (κ3) is 1.62. The van der Waals surface area contributed by atoms with Crippen LogP contribution in [0.5, 0.6) is 0 Å². The van der Waals surface area contributed by atoms with E-state index in [1.807, 2.05) is 36.4 Å². The molecule has 0 spiro atoms. The highest BCUT2D eigenvalue weighted by Crippen LogP contribution is 2.37. The molecule has 3 aromatic carbocycles. The lowest BCUT2D eigenvalue weighted by Gasteiger charge is -2.10. The molecule has 1 unspecified atom stereocenters. The number of amides is 1. The van der Waals surface area contributed by atoms with Crippen LogP contribution in [0.25, 0.3) is 10.8 Å². The number of hydrogen-bond acceptors (Lipinski definition) is 1. The van der Waals surface area contributed by atoms with Gasteiger partial charge in [0.05, 0.1) is 5.92 Å². The minimum absolute atomic E-state index is 0.0569. The van der Waals surface area contributed by atoms with Crippen molar-refractivity contribution in [3.63, 3.8) is 0 Å². The summed E-state index contributed by atoms with van der Waals surface area (Å²) >= 11 is 0. The van der Waals surface area contributed by atoms with E-state index in [2.05, 4.69) is 35.6 Å². The van der Waals surface area contributed by atoms with Crippen molar-refractivity contribution in [2.75, 3.05) is 5.32 Å². The van der Waals surface area contributed by atoms with Gasteiger partial charge in [0.2, 0.25) is 5.91 Å². The zero-order valence-corrected chi connectivity index (χ0v) is 10.8. The van der Waals surface area contributed by atoms with E-state index in [0.29, 0.717) is 0 Å².